The fourth-order valence-electron chi connectivity index (χ4n) is 3.62. The van der Waals surface area contributed by atoms with Crippen LogP contribution in [-0.4, -0.2) is 11.1 Å². The third-order valence-electron chi connectivity index (χ3n) is 4.85. The fraction of sp³-hybridized carbons (Fsp3) is 0.300. The summed E-state index contributed by atoms with van der Waals surface area (Å²) < 4.78 is 2.31. The maximum absolute atomic E-state index is 6.52. The number of fused-ring (bicyclic) bond motifs is 3. The Labute approximate surface area is 142 Å². The first-order chi connectivity index (χ1) is 11.3. The highest BCUT2D eigenvalue weighted by atomic mass is 35.5. The molecule has 2 heterocycles. The minimum Gasteiger partial charge on any atom is -0.319 e. The van der Waals surface area contributed by atoms with Crippen molar-refractivity contribution in [3.63, 3.8) is 0 Å². The van der Waals surface area contributed by atoms with Crippen LogP contribution in [0, 0.1) is 0 Å². The van der Waals surface area contributed by atoms with Crippen LogP contribution in [0.1, 0.15) is 42.6 Å². The molecule has 4 rings (SSSR count). The van der Waals surface area contributed by atoms with Gasteiger partial charge in [0.15, 0.2) is 0 Å². The first-order valence-corrected chi connectivity index (χ1v) is 8.73. The van der Waals surface area contributed by atoms with Crippen molar-refractivity contribution >= 4 is 17.3 Å². The van der Waals surface area contributed by atoms with Crippen molar-refractivity contribution in [1.29, 1.82) is 0 Å². The molecule has 0 fully saturated rings. The van der Waals surface area contributed by atoms with Crippen molar-refractivity contribution < 1.29 is 0 Å². The molecule has 2 nitrogen and oxygen atoms in total. The molecule has 3 heteroatoms. The molecule has 1 aliphatic carbocycles. The number of allylic oxidation sites excluding steroid dienone is 2. The van der Waals surface area contributed by atoms with Crippen LogP contribution in [-0.2, 0) is 6.42 Å². The Hall–Kier alpha value is -1.77. The van der Waals surface area contributed by atoms with E-state index in [1.165, 1.54) is 28.1 Å². The summed E-state index contributed by atoms with van der Waals surface area (Å²) in [7, 11) is 0. The lowest BCUT2D eigenvalue weighted by molar-refractivity contribution is 0.636. The Morgan fingerprint density at radius 1 is 1.26 bits per heavy atom. The van der Waals surface area contributed by atoms with E-state index in [1.807, 2.05) is 0 Å². The lowest BCUT2D eigenvalue weighted by Crippen LogP contribution is -2.23. The summed E-state index contributed by atoms with van der Waals surface area (Å²) in [4.78, 5) is 0. The molecule has 1 atom stereocenters. The number of aryl methyl sites for hydroxylation is 1. The molecule has 1 N–H and O–H groups in total. The minimum absolute atomic E-state index is 0.194. The fourth-order valence-corrected chi connectivity index (χ4v) is 3.89. The number of hydrogen-bond acceptors (Lipinski definition) is 1. The van der Waals surface area contributed by atoms with E-state index in [4.69, 9.17) is 11.6 Å². The van der Waals surface area contributed by atoms with Crippen molar-refractivity contribution in [3.8, 4) is 0 Å². The average molecular weight is 325 g/mol. The third-order valence-corrected chi connectivity index (χ3v) is 5.27. The van der Waals surface area contributed by atoms with Crippen LogP contribution >= 0.6 is 11.6 Å². The Balaban J connectivity index is 1.83. The largest absolute Gasteiger partial charge is 0.319 e. The maximum atomic E-state index is 6.52. The molecule has 1 aliphatic heterocycles. The molecule has 23 heavy (non-hydrogen) atoms. The molecule has 1 aromatic carbocycles. The molecule has 1 aromatic heterocycles. The summed E-state index contributed by atoms with van der Waals surface area (Å²) in [5, 5.41) is 4.71. The molecule has 0 saturated carbocycles. The SMILES string of the molecule is CCc1cccc(C2NCC3=C(Cl)CCC=C3n3cccc32)c1. The van der Waals surface area contributed by atoms with Gasteiger partial charge in [-0.2, -0.15) is 0 Å². The number of nitrogens with zero attached hydrogens (tertiary/aromatic N) is 1. The van der Waals surface area contributed by atoms with Crippen LogP contribution < -0.4 is 5.32 Å². The maximum Gasteiger partial charge on any atom is 0.0737 e. The highest BCUT2D eigenvalue weighted by Crippen LogP contribution is 2.37. The zero-order chi connectivity index (χ0) is 15.8. The smallest absolute Gasteiger partial charge is 0.0737 e. The average Bonchev–Trinajstić information content (AvgIpc) is 3.00. The quantitative estimate of drug-likeness (QED) is 0.833. The van der Waals surface area contributed by atoms with Gasteiger partial charge in [0.25, 0.3) is 0 Å². The summed E-state index contributed by atoms with van der Waals surface area (Å²) >= 11 is 6.52. The van der Waals surface area contributed by atoms with Crippen molar-refractivity contribution in [2.75, 3.05) is 6.54 Å². The van der Waals surface area contributed by atoms with Crippen LogP contribution in [0.4, 0.5) is 0 Å². The normalized spacial score (nSPS) is 20.6. The number of aromatic nitrogens is 1. The molecule has 0 radical (unpaired) electrons. The molecule has 1 unspecified atom stereocenters. The van der Waals surface area contributed by atoms with Gasteiger partial charge in [0.2, 0.25) is 0 Å². The Morgan fingerprint density at radius 2 is 2.17 bits per heavy atom. The molecule has 0 bridgehead atoms. The zero-order valence-electron chi connectivity index (χ0n) is 13.3. The number of benzene rings is 1. The lowest BCUT2D eigenvalue weighted by Gasteiger charge is -2.19. The Kier molecular flexibility index (Phi) is 3.88. The van der Waals surface area contributed by atoms with Gasteiger partial charge in [-0.15, -0.1) is 0 Å². The van der Waals surface area contributed by atoms with Gasteiger partial charge in [-0.3, -0.25) is 0 Å². The predicted molar refractivity (Wildman–Crippen MR) is 96.5 cm³/mol. The van der Waals surface area contributed by atoms with Crippen molar-refractivity contribution in [2.45, 2.75) is 32.2 Å². The van der Waals surface area contributed by atoms with Crippen molar-refractivity contribution in [3.05, 3.63) is 76.1 Å². The van der Waals surface area contributed by atoms with E-state index in [0.717, 1.165) is 30.8 Å². The van der Waals surface area contributed by atoms with E-state index in [-0.39, 0.29) is 6.04 Å². The third kappa shape index (κ3) is 2.56. The van der Waals surface area contributed by atoms with Crippen LogP contribution in [0.15, 0.2) is 59.3 Å². The molecular formula is C20H21ClN2. The second-order valence-corrected chi connectivity index (χ2v) is 6.68. The minimum atomic E-state index is 0.194. The van der Waals surface area contributed by atoms with Crippen LogP contribution in [0.2, 0.25) is 0 Å². The van der Waals surface area contributed by atoms with Gasteiger partial charge in [0.05, 0.1) is 6.04 Å². The molecule has 2 aliphatic rings. The Bertz CT molecular complexity index is 797. The van der Waals surface area contributed by atoms with Crippen molar-refractivity contribution in [1.82, 2.24) is 9.88 Å². The van der Waals surface area contributed by atoms with E-state index in [9.17, 15) is 0 Å². The molecule has 118 valence electrons. The number of hydrogen-bond donors (Lipinski definition) is 1. The molecule has 0 saturated heterocycles. The van der Waals surface area contributed by atoms with Crippen molar-refractivity contribution in [2.24, 2.45) is 0 Å². The first-order valence-electron chi connectivity index (χ1n) is 8.36. The molecule has 0 spiro atoms. The molecular weight excluding hydrogens is 304 g/mol. The number of rotatable bonds is 2. The van der Waals surface area contributed by atoms with Gasteiger partial charge >= 0.3 is 0 Å². The van der Waals surface area contributed by atoms with Gasteiger partial charge < -0.3 is 9.88 Å². The summed E-state index contributed by atoms with van der Waals surface area (Å²) in [6.45, 7) is 3.01. The highest BCUT2D eigenvalue weighted by molar-refractivity contribution is 6.31. The molecule has 2 aromatic rings. The van der Waals surface area contributed by atoms with E-state index in [2.05, 4.69) is 65.5 Å². The van der Waals surface area contributed by atoms with Gasteiger partial charge in [-0.1, -0.05) is 48.9 Å². The monoisotopic (exact) mass is 324 g/mol. The van der Waals surface area contributed by atoms with Crippen LogP contribution in [0.3, 0.4) is 0 Å². The summed E-state index contributed by atoms with van der Waals surface area (Å²) in [5.41, 5.74) is 6.47. The van der Waals surface area contributed by atoms with Gasteiger partial charge in [0, 0.05) is 34.7 Å². The van der Waals surface area contributed by atoms with E-state index in [1.54, 1.807) is 0 Å². The number of nitrogens with one attached hydrogen (secondary N) is 1. The van der Waals surface area contributed by atoms with E-state index < -0.39 is 0 Å². The Morgan fingerprint density at radius 3 is 3.04 bits per heavy atom. The predicted octanol–water partition coefficient (Wildman–Crippen LogP) is 4.87. The van der Waals surface area contributed by atoms with Crippen LogP contribution in [0.25, 0.3) is 5.70 Å². The highest BCUT2D eigenvalue weighted by Gasteiger charge is 2.27. The van der Waals surface area contributed by atoms with E-state index in [0.29, 0.717) is 0 Å². The summed E-state index contributed by atoms with van der Waals surface area (Å²) in [5.74, 6) is 0. The zero-order valence-corrected chi connectivity index (χ0v) is 14.1. The van der Waals surface area contributed by atoms with E-state index >= 15 is 0 Å². The topological polar surface area (TPSA) is 17.0 Å². The van der Waals surface area contributed by atoms with Crippen LogP contribution in [0.5, 0.6) is 0 Å². The first kappa shape index (κ1) is 14.8. The second kappa shape index (κ2) is 6.03. The lowest BCUT2D eigenvalue weighted by atomic mass is 10.0. The second-order valence-electron chi connectivity index (χ2n) is 6.23. The van der Waals surface area contributed by atoms with Gasteiger partial charge in [0.1, 0.15) is 0 Å². The van der Waals surface area contributed by atoms with Gasteiger partial charge in [-0.25, -0.2) is 0 Å². The standard InChI is InChI=1S/C20H21ClN2/c1-2-14-6-3-7-15(12-14)20-19-10-5-11-23(19)18-9-4-8-17(21)16(18)13-22-20/h3,5-7,9-12,20,22H,2,4,8,13H2,1H3. The summed E-state index contributed by atoms with van der Waals surface area (Å²) in [6, 6.07) is 13.4. The number of halogens is 1. The molecule has 0 amide bonds. The van der Waals surface area contributed by atoms with Gasteiger partial charge in [-0.05, 0) is 42.5 Å². The summed E-state index contributed by atoms with van der Waals surface area (Å²) in [6.07, 6.45) is 7.50.